The van der Waals surface area contributed by atoms with Crippen molar-refractivity contribution in [2.24, 2.45) is 0 Å². The Hall–Kier alpha value is -3.85. The number of H-pyrrole nitrogens is 1. The Labute approximate surface area is 193 Å². The number of carbonyl (C=O) groups is 1. The molecule has 9 heteroatoms. The molecule has 0 fully saturated rings. The topological polar surface area (TPSA) is 110 Å². The molecule has 0 bridgehead atoms. The molecule has 3 heterocycles. The molecule has 0 unspecified atom stereocenters. The molecule has 2 N–H and O–H groups in total. The van der Waals surface area contributed by atoms with Crippen molar-refractivity contribution in [2.45, 2.75) is 33.2 Å². The molecule has 0 aliphatic heterocycles. The Balaban J connectivity index is 1.52. The molecule has 8 nitrogen and oxygen atoms in total. The summed E-state index contributed by atoms with van der Waals surface area (Å²) in [5.41, 5.74) is 5.56. The number of carboxylic acid groups (broad SMARTS) is 1. The van der Waals surface area contributed by atoms with Gasteiger partial charge in [0.2, 0.25) is 5.82 Å². The zero-order valence-electron chi connectivity index (χ0n) is 18.2. The maximum atomic E-state index is 11.9. The number of aromatic carboxylic acids is 1. The second-order valence-corrected chi connectivity index (χ2v) is 9.06. The number of aryl methyl sites for hydroxylation is 2. The van der Waals surface area contributed by atoms with Crippen molar-refractivity contribution in [1.29, 1.82) is 0 Å². The lowest BCUT2D eigenvalue weighted by Crippen LogP contribution is -2.07. The van der Waals surface area contributed by atoms with Crippen LogP contribution in [0.5, 0.6) is 0 Å². The molecule has 0 atom stereocenters. The van der Waals surface area contributed by atoms with Gasteiger partial charge in [0, 0.05) is 23.4 Å². The molecule has 5 aromatic rings. The Morgan fingerprint density at radius 2 is 1.88 bits per heavy atom. The molecule has 5 rings (SSSR count). The molecule has 33 heavy (non-hydrogen) atoms. The van der Waals surface area contributed by atoms with E-state index in [4.69, 9.17) is 4.98 Å². The predicted molar refractivity (Wildman–Crippen MR) is 127 cm³/mol. The van der Waals surface area contributed by atoms with E-state index in [1.807, 2.05) is 31.2 Å². The summed E-state index contributed by atoms with van der Waals surface area (Å²) in [6, 6.07) is 16.2. The summed E-state index contributed by atoms with van der Waals surface area (Å²) in [6.07, 6.45) is 1.74. The highest BCUT2D eigenvalue weighted by Gasteiger charge is 2.22. The van der Waals surface area contributed by atoms with Gasteiger partial charge in [-0.05, 0) is 35.2 Å². The molecule has 0 radical (unpaired) electrons. The molecule has 0 amide bonds. The van der Waals surface area contributed by atoms with E-state index in [0.29, 0.717) is 17.2 Å². The highest BCUT2D eigenvalue weighted by molar-refractivity contribution is 7.15. The van der Waals surface area contributed by atoms with Gasteiger partial charge in [-0.3, -0.25) is 0 Å². The van der Waals surface area contributed by atoms with Crippen LogP contribution in [0.4, 0.5) is 0 Å². The molecule has 166 valence electrons. The van der Waals surface area contributed by atoms with Crippen molar-refractivity contribution in [3.8, 4) is 22.5 Å². The maximum Gasteiger partial charge on any atom is 0.348 e. The van der Waals surface area contributed by atoms with Crippen LogP contribution in [0.3, 0.4) is 0 Å². The average Bonchev–Trinajstić information content (AvgIpc) is 3.54. The zero-order chi connectivity index (χ0) is 22.9. The standard InChI is InChI=1S/C24H22N6O2S/c1-3-6-19-25-20-14(2)33-22(24(31)32)21(20)30(19)13-15-9-11-16(12-10-15)17-7-4-5-8-18(17)23-26-28-29-27-23/h4-5,7-12H,3,6,13H2,1-2H3,(H,31,32)(H,26,27,28,29). The molecule has 0 saturated heterocycles. The number of nitrogens with one attached hydrogen (secondary N) is 1. The Bertz CT molecular complexity index is 1430. The van der Waals surface area contributed by atoms with Gasteiger partial charge < -0.3 is 9.67 Å². The van der Waals surface area contributed by atoms with Gasteiger partial charge in [0.1, 0.15) is 16.2 Å². The predicted octanol–water partition coefficient (Wildman–Crippen LogP) is 4.95. The molecule has 0 spiro atoms. The Morgan fingerprint density at radius 1 is 1.12 bits per heavy atom. The van der Waals surface area contributed by atoms with Crippen LogP contribution in [-0.2, 0) is 13.0 Å². The number of imidazole rings is 1. The third-order valence-corrected chi connectivity index (χ3v) is 6.71. The highest BCUT2D eigenvalue weighted by atomic mass is 32.1. The van der Waals surface area contributed by atoms with Crippen molar-refractivity contribution < 1.29 is 9.90 Å². The third-order valence-electron chi connectivity index (χ3n) is 5.64. The molecule has 0 aliphatic rings. The molecular weight excluding hydrogens is 436 g/mol. The number of hydrogen-bond donors (Lipinski definition) is 2. The fourth-order valence-corrected chi connectivity index (χ4v) is 5.07. The number of aromatic amines is 1. The molecular formula is C24H22N6O2S. The first-order valence-electron chi connectivity index (χ1n) is 10.7. The monoisotopic (exact) mass is 458 g/mol. The van der Waals surface area contributed by atoms with Crippen LogP contribution < -0.4 is 0 Å². The number of thiophene rings is 1. The van der Waals surface area contributed by atoms with E-state index >= 15 is 0 Å². The lowest BCUT2D eigenvalue weighted by Gasteiger charge is -2.11. The minimum atomic E-state index is -0.907. The lowest BCUT2D eigenvalue weighted by atomic mass is 9.98. The average molecular weight is 459 g/mol. The van der Waals surface area contributed by atoms with E-state index < -0.39 is 5.97 Å². The lowest BCUT2D eigenvalue weighted by molar-refractivity contribution is 0.0703. The Morgan fingerprint density at radius 3 is 2.55 bits per heavy atom. The van der Waals surface area contributed by atoms with Crippen LogP contribution in [0.15, 0.2) is 48.5 Å². The second kappa shape index (κ2) is 8.59. The quantitative estimate of drug-likeness (QED) is 0.357. The smallest absolute Gasteiger partial charge is 0.348 e. The van der Waals surface area contributed by atoms with Gasteiger partial charge in [-0.25, -0.2) is 9.78 Å². The maximum absolute atomic E-state index is 11.9. The van der Waals surface area contributed by atoms with Crippen molar-refractivity contribution in [3.63, 3.8) is 0 Å². The van der Waals surface area contributed by atoms with Crippen LogP contribution in [0.1, 0.15) is 39.3 Å². The summed E-state index contributed by atoms with van der Waals surface area (Å²) in [4.78, 5) is 18.0. The molecule has 0 saturated carbocycles. The summed E-state index contributed by atoms with van der Waals surface area (Å²) in [5.74, 6) is 0.567. The van der Waals surface area contributed by atoms with Crippen LogP contribution in [0, 0.1) is 6.92 Å². The first kappa shape index (κ1) is 21.0. The number of fused-ring (bicyclic) bond motifs is 1. The van der Waals surface area contributed by atoms with Gasteiger partial charge in [0.15, 0.2) is 0 Å². The SMILES string of the molecule is CCCc1nc2c(C)sc(C(=O)O)c2n1Cc1ccc(-c2ccccc2-c2nn[nH]n2)cc1. The van der Waals surface area contributed by atoms with E-state index in [2.05, 4.69) is 56.4 Å². The van der Waals surface area contributed by atoms with Crippen molar-refractivity contribution in [2.75, 3.05) is 0 Å². The first-order chi connectivity index (χ1) is 16.1. The second-order valence-electron chi connectivity index (χ2n) is 7.83. The van der Waals surface area contributed by atoms with E-state index in [-0.39, 0.29) is 0 Å². The summed E-state index contributed by atoms with van der Waals surface area (Å²) < 4.78 is 2.06. The van der Waals surface area contributed by atoms with Gasteiger partial charge >= 0.3 is 5.97 Å². The van der Waals surface area contributed by atoms with Gasteiger partial charge in [-0.1, -0.05) is 55.5 Å². The van der Waals surface area contributed by atoms with Crippen molar-refractivity contribution in [1.82, 2.24) is 30.2 Å². The number of benzene rings is 2. The number of rotatable bonds is 7. The van der Waals surface area contributed by atoms with Crippen LogP contribution in [-0.4, -0.2) is 41.3 Å². The Kier molecular flexibility index (Phi) is 5.47. The minimum Gasteiger partial charge on any atom is -0.477 e. The van der Waals surface area contributed by atoms with E-state index in [1.54, 1.807) is 0 Å². The van der Waals surface area contributed by atoms with E-state index in [0.717, 1.165) is 56.8 Å². The number of tetrazole rings is 1. The molecule has 2 aromatic carbocycles. The van der Waals surface area contributed by atoms with E-state index in [1.165, 1.54) is 11.3 Å². The number of hydrogen-bond acceptors (Lipinski definition) is 6. The van der Waals surface area contributed by atoms with Gasteiger partial charge in [0.05, 0.1) is 5.52 Å². The normalized spacial score (nSPS) is 11.3. The van der Waals surface area contributed by atoms with Gasteiger partial charge in [-0.2, -0.15) is 5.21 Å². The fraction of sp³-hybridized carbons (Fsp3) is 0.208. The molecule has 3 aromatic heterocycles. The number of nitrogens with zero attached hydrogens (tertiary/aromatic N) is 5. The number of carboxylic acids is 1. The van der Waals surface area contributed by atoms with Crippen LogP contribution in [0.2, 0.25) is 0 Å². The van der Waals surface area contributed by atoms with Crippen molar-refractivity contribution in [3.05, 3.63) is 69.7 Å². The van der Waals surface area contributed by atoms with E-state index in [9.17, 15) is 9.90 Å². The van der Waals surface area contributed by atoms with Gasteiger partial charge in [0.25, 0.3) is 0 Å². The zero-order valence-corrected chi connectivity index (χ0v) is 19.1. The minimum absolute atomic E-state index is 0.350. The summed E-state index contributed by atoms with van der Waals surface area (Å²) in [6.45, 7) is 4.60. The molecule has 0 aliphatic carbocycles. The fourth-order valence-electron chi connectivity index (χ4n) is 4.13. The number of aromatic nitrogens is 6. The van der Waals surface area contributed by atoms with Crippen LogP contribution >= 0.6 is 11.3 Å². The van der Waals surface area contributed by atoms with Crippen molar-refractivity contribution >= 4 is 28.3 Å². The largest absolute Gasteiger partial charge is 0.477 e. The summed E-state index contributed by atoms with van der Waals surface area (Å²) in [7, 11) is 0. The first-order valence-corrected chi connectivity index (χ1v) is 11.5. The van der Waals surface area contributed by atoms with Crippen LogP contribution in [0.25, 0.3) is 33.5 Å². The summed E-state index contributed by atoms with van der Waals surface area (Å²) in [5, 5.41) is 24.2. The third kappa shape index (κ3) is 3.80. The highest BCUT2D eigenvalue weighted by Crippen LogP contribution is 2.33. The van der Waals surface area contributed by atoms with Gasteiger partial charge in [-0.15, -0.1) is 21.5 Å². The summed E-state index contributed by atoms with van der Waals surface area (Å²) >= 11 is 1.29.